The summed E-state index contributed by atoms with van der Waals surface area (Å²) in [6, 6.07) is 3.41. The second kappa shape index (κ2) is 13.5. The zero-order chi connectivity index (χ0) is 34.5. The molecule has 1 aliphatic heterocycles. The second-order valence-electron chi connectivity index (χ2n) is 13.8. The maximum Gasteiger partial charge on any atom is 0.305 e. The number of Topliss-reactive ketones (excluding diaryl/α,β-unsaturated/α-hetero) is 2. The Hall–Kier alpha value is -3.39. The van der Waals surface area contributed by atoms with Crippen LogP contribution in [0.5, 0.6) is 5.75 Å². The fourth-order valence-electron chi connectivity index (χ4n) is 8.43. The van der Waals surface area contributed by atoms with E-state index < -0.39 is 76.0 Å². The van der Waals surface area contributed by atoms with Crippen molar-refractivity contribution in [3.8, 4) is 5.75 Å². The van der Waals surface area contributed by atoms with Crippen molar-refractivity contribution in [3.05, 3.63) is 46.2 Å². The smallest absolute Gasteiger partial charge is 0.305 e. The maximum atomic E-state index is 14.8. The molecule has 2 saturated carbocycles. The third-order valence-electron chi connectivity index (χ3n) is 10.8. The summed E-state index contributed by atoms with van der Waals surface area (Å²) < 4.78 is 6.09. The lowest BCUT2D eigenvalue weighted by molar-refractivity contribution is -0.185. The summed E-state index contributed by atoms with van der Waals surface area (Å²) in [5.74, 6) is -8.27. The summed E-state index contributed by atoms with van der Waals surface area (Å²) in [6.45, 7) is 3.19. The molecule has 0 bridgehead atoms. The lowest BCUT2D eigenvalue weighted by atomic mass is 9.54. The predicted molar refractivity (Wildman–Crippen MR) is 178 cm³/mol. The molecule has 1 saturated heterocycles. The molecule has 0 aromatic heterocycles. The van der Waals surface area contributed by atoms with E-state index in [4.69, 9.17) is 4.74 Å². The molecule has 0 spiro atoms. The molecule has 6 atom stereocenters. The number of fused-ring (bicyclic) bond motifs is 3. The first-order valence-electron chi connectivity index (χ1n) is 16.9. The number of amides is 1. The molecule has 1 heterocycles. The molecule has 1 aromatic rings. The van der Waals surface area contributed by atoms with Crippen LogP contribution >= 0.6 is 11.8 Å². The summed E-state index contributed by atoms with van der Waals surface area (Å²) in [4.78, 5) is 59.2. The van der Waals surface area contributed by atoms with Crippen molar-refractivity contribution in [3.63, 3.8) is 0 Å². The van der Waals surface area contributed by atoms with Gasteiger partial charge in [-0.15, -0.1) is 0 Å². The third-order valence-corrected chi connectivity index (χ3v) is 12.3. The van der Waals surface area contributed by atoms with E-state index in [1.54, 1.807) is 44.9 Å². The maximum absolute atomic E-state index is 14.8. The number of phenols is 1. The zero-order valence-electron chi connectivity index (χ0n) is 27.6. The van der Waals surface area contributed by atoms with Gasteiger partial charge in [-0.3, -0.25) is 29.0 Å². The van der Waals surface area contributed by atoms with Crippen molar-refractivity contribution in [1.82, 2.24) is 15.1 Å². The van der Waals surface area contributed by atoms with Crippen molar-refractivity contribution in [2.24, 2.45) is 11.8 Å². The number of likely N-dealkylation sites (N-methyl/N-ethyl adjacent to an activating group) is 1. The van der Waals surface area contributed by atoms with Crippen molar-refractivity contribution in [2.45, 2.75) is 80.8 Å². The molecule has 1 aromatic carbocycles. The van der Waals surface area contributed by atoms with Gasteiger partial charge in [0.25, 0.3) is 5.91 Å². The Kier molecular flexibility index (Phi) is 9.69. The minimum Gasteiger partial charge on any atom is -0.508 e. The van der Waals surface area contributed by atoms with E-state index >= 15 is 0 Å². The first-order chi connectivity index (χ1) is 22.9. The van der Waals surface area contributed by atoms with Crippen molar-refractivity contribution < 1.29 is 44.3 Å². The van der Waals surface area contributed by atoms with Gasteiger partial charge in [0.05, 0.1) is 24.2 Å². The molecule has 6 rings (SSSR count). The van der Waals surface area contributed by atoms with Crippen molar-refractivity contribution in [1.29, 1.82) is 0 Å². The lowest BCUT2D eigenvalue weighted by Gasteiger charge is -2.55. The predicted octanol–water partition coefficient (Wildman–Crippen LogP) is 2.80. The van der Waals surface area contributed by atoms with Crippen LogP contribution in [-0.2, 0) is 23.9 Å². The Balaban J connectivity index is 1.54. The Labute approximate surface area is 284 Å². The highest BCUT2D eigenvalue weighted by Crippen LogP contribution is 2.58. The van der Waals surface area contributed by atoms with Crippen LogP contribution in [-0.4, -0.2) is 116 Å². The number of benzene rings is 1. The van der Waals surface area contributed by atoms with Crippen LogP contribution < -0.4 is 5.32 Å². The van der Waals surface area contributed by atoms with Crippen LogP contribution in [0.2, 0.25) is 0 Å². The Morgan fingerprint density at radius 2 is 1.77 bits per heavy atom. The molecule has 4 aliphatic carbocycles. The monoisotopic (exact) mass is 683 g/mol. The van der Waals surface area contributed by atoms with Crippen LogP contribution in [0.1, 0.15) is 68.9 Å². The van der Waals surface area contributed by atoms with Crippen LogP contribution in [0, 0.1) is 11.8 Å². The molecule has 13 heteroatoms. The van der Waals surface area contributed by atoms with E-state index in [1.807, 2.05) is 4.90 Å². The second-order valence-corrected chi connectivity index (χ2v) is 15.1. The summed E-state index contributed by atoms with van der Waals surface area (Å²) in [5.41, 5.74) is -3.42. The number of nitrogens with one attached hydrogen (secondary N) is 1. The number of aliphatic hydroxyl groups is 3. The molecule has 1 amide bonds. The molecule has 3 fully saturated rings. The SMILES string of the molecule is CCC(=O)O[C@H]1[C@H]2C(=C(O)c3c(O)cccc3[C@@H]2CSC2CCCC2)C(=O)[C@]2(O)C(O)=C(C(=O)NCN3CCCC3)C(=O)[C@@H](N(C)C)[C@H]12. The van der Waals surface area contributed by atoms with Gasteiger partial charge in [0, 0.05) is 34.8 Å². The van der Waals surface area contributed by atoms with Crippen molar-refractivity contribution in [2.75, 3.05) is 39.6 Å². The molecule has 260 valence electrons. The van der Waals surface area contributed by atoms with E-state index in [9.17, 15) is 39.6 Å². The van der Waals surface area contributed by atoms with Gasteiger partial charge in [0.15, 0.2) is 11.4 Å². The van der Waals surface area contributed by atoms with Crippen molar-refractivity contribution >= 4 is 41.0 Å². The normalized spacial score (nSPS) is 30.8. The Morgan fingerprint density at radius 3 is 2.42 bits per heavy atom. The fourth-order valence-corrected chi connectivity index (χ4v) is 9.96. The molecule has 5 N–H and O–H groups in total. The molecular weight excluding hydrogens is 638 g/mol. The Morgan fingerprint density at radius 1 is 1.08 bits per heavy atom. The number of carbonyl (C=O) groups is 4. The number of nitrogens with zero attached hydrogens (tertiary/aromatic N) is 2. The average Bonchev–Trinajstić information content (AvgIpc) is 3.78. The van der Waals surface area contributed by atoms with E-state index in [-0.39, 0.29) is 30.0 Å². The van der Waals surface area contributed by atoms with Gasteiger partial charge < -0.3 is 30.5 Å². The highest BCUT2D eigenvalue weighted by Gasteiger charge is 2.70. The number of aromatic hydroxyl groups is 1. The highest BCUT2D eigenvalue weighted by atomic mass is 32.2. The number of carbonyl (C=O) groups excluding carboxylic acids is 4. The number of rotatable bonds is 9. The van der Waals surface area contributed by atoms with Crippen LogP contribution in [0.3, 0.4) is 0 Å². The van der Waals surface area contributed by atoms with Gasteiger partial charge in [-0.25, -0.2) is 0 Å². The minimum absolute atomic E-state index is 0.0276. The summed E-state index contributed by atoms with van der Waals surface area (Å²) in [6.07, 6.45) is 4.73. The van der Waals surface area contributed by atoms with E-state index in [2.05, 4.69) is 5.32 Å². The number of hydrogen-bond donors (Lipinski definition) is 5. The first-order valence-corrected chi connectivity index (χ1v) is 17.9. The number of hydrogen-bond acceptors (Lipinski definition) is 12. The van der Waals surface area contributed by atoms with Gasteiger partial charge in [0.1, 0.15) is 28.9 Å². The van der Waals surface area contributed by atoms with E-state index in [0.717, 1.165) is 51.6 Å². The number of ketones is 2. The number of ether oxygens (including phenoxy) is 1. The van der Waals surface area contributed by atoms with Crippen LogP contribution in [0.4, 0.5) is 0 Å². The summed E-state index contributed by atoms with van der Waals surface area (Å²) >= 11 is 1.71. The number of thioether (sulfide) groups is 1. The Bertz CT molecular complexity index is 1560. The van der Waals surface area contributed by atoms with E-state index in [0.29, 0.717) is 16.6 Å². The summed E-state index contributed by atoms with van der Waals surface area (Å²) in [5, 5.41) is 50.1. The largest absolute Gasteiger partial charge is 0.508 e. The molecule has 0 unspecified atom stereocenters. The molecule has 0 radical (unpaired) electrons. The molecule has 12 nitrogen and oxygen atoms in total. The first kappa shape index (κ1) is 34.5. The number of phenolic OH excluding ortho intramolecular Hbond substituents is 1. The number of likely N-dealkylation sites (tertiary alicyclic amines) is 1. The quantitative estimate of drug-likeness (QED) is 0.190. The molecular formula is C35H45N3O9S. The standard InChI is InChI=1S/C35H45N3O9S/c1-4-22(40)47-31-24-20(16-48-18-10-5-6-11-18)19-12-9-13-21(39)23(19)29(41)25(24)32(43)35(46)27(31)28(37(2)3)30(42)26(33(35)44)34(45)36-17-38-14-7-8-15-38/h9,12-13,18,20,24,27-28,31,39,41,44,46H,4-8,10-11,14-17H2,1-3H3,(H,36,45)/t20-,24+,27+,28-,31-,35-/m0/s1. The lowest BCUT2D eigenvalue weighted by Crippen LogP contribution is -2.71. The van der Waals surface area contributed by atoms with Gasteiger partial charge in [-0.2, -0.15) is 11.8 Å². The van der Waals surface area contributed by atoms with Crippen LogP contribution in [0.15, 0.2) is 35.1 Å². The molecule has 48 heavy (non-hydrogen) atoms. The zero-order valence-corrected chi connectivity index (χ0v) is 28.4. The van der Waals surface area contributed by atoms with Gasteiger partial charge in [0.2, 0.25) is 5.78 Å². The van der Waals surface area contributed by atoms with Gasteiger partial charge >= 0.3 is 5.97 Å². The molecule has 5 aliphatic rings. The topological polar surface area (TPSA) is 177 Å². The number of aliphatic hydroxyl groups excluding tert-OH is 2. The highest BCUT2D eigenvalue weighted by molar-refractivity contribution is 7.99. The van der Waals surface area contributed by atoms with Gasteiger partial charge in [-0.05, 0) is 64.5 Å². The number of esters is 1. The van der Waals surface area contributed by atoms with Gasteiger partial charge in [-0.1, -0.05) is 31.9 Å². The third kappa shape index (κ3) is 5.62. The average molecular weight is 684 g/mol. The minimum atomic E-state index is -2.92. The summed E-state index contributed by atoms with van der Waals surface area (Å²) in [7, 11) is 3.11. The fraction of sp³-hybridized carbons (Fsp3) is 0.600. The van der Waals surface area contributed by atoms with E-state index in [1.165, 1.54) is 11.0 Å². The van der Waals surface area contributed by atoms with Crippen LogP contribution in [0.25, 0.3) is 5.76 Å².